The first-order chi connectivity index (χ1) is 12.0. The van der Waals surface area contributed by atoms with E-state index in [1.54, 1.807) is 22.5 Å². The highest BCUT2D eigenvalue weighted by molar-refractivity contribution is 7.89. The number of nitrogens with zero attached hydrogens (tertiary/aromatic N) is 1. The summed E-state index contributed by atoms with van der Waals surface area (Å²) in [5.74, 6) is -0.0632. The third-order valence-electron chi connectivity index (χ3n) is 5.06. The number of rotatable bonds is 4. The van der Waals surface area contributed by atoms with Crippen LogP contribution in [0.3, 0.4) is 0 Å². The summed E-state index contributed by atoms with van der Waals surface area (Å²) >= 11 is 0. The van der Waals surface area contributed by atoms with Gasteiger partial charge in [-0.25, -0.2) is 8.42 Å². The van der Waals surface area contributed by atoms with Crippen LogP contribution in [0.5, 0.6) is 0 Å². The highest BCUT2D eigenvalue weighted by Crippen LogP contribution is 2.26. The molecular weight excluding hydrogens is 336 g/mol. The van der Waals surface area contributed by atoms with Crippen LogP contribution in [-0.2, 0) is 14.8 Å². The Morgan fingerprint density at radius 2 is 1.92 bits per heavy atom. The number of aryl methyl sites for hydroxylation is 1. The van der Waals surface area contributed by atoms with E-state index in [1.807, 2.05) is 13.0 Å². The fraction of sp³-hybridized carbons (Fsp3) is 0.526. The van der Waals surface area contributed by atoms with Gasteiger partial charge in [-0.3, -0.25) is 4.79 Å². The number of benzene rings is 1. The Balaban J connectivity index is 1.80. The van der Waals surface area contributed by atoms with Gasteiger partial charge in [0.25, 0.3) is 0 Å². The van der Waals surface area contributed by atoms with E-state index in [9.17, 15) is 13.2 Å². The Bertz CT molecular complexity index is 765. The number of piperidine rings is 1. The minimum Gasteiger partial charge on any atom is -0.326 e. The normalized spacial score (nSPS) is 21.9. The summed E-state index contributed by atoms with van der Waals surface area (Å²) in [6, 6.07) is 5.02. The minimum absolute atomic E-state index is 0.0278. The van der Waals surface area contributed by atoms with Gasteiger partial charge in [0, 0.05) is 24.7 Å². The molecule has 1 amide bonds. The van der Waals surface area contributed by atoms with Gasteiger partial charge in [-0.1, -0.05) is 24.6 Å². The quantitative estimate of drug-likeness (QED) is 0.834. The summed E-state index contributed by atoms with van der Waals surface area (Å²) in [6.07, 6.45) is 9.54. The van der Waals surface area contributed by atoms with Crippen molar-refractivity contribution in [1.29, 1.82) is 0 Å². The predicted molar refractivity (Wildman–Crippen MR) is 98.9 cm³/mol. The van der Waals surface area contributed by atoms with Gasteiger partial charge in [-0.05, 0) is 56.7 Å². The van der Waals surface area contributed by atoms with Crippen molar-refractivity contribution in [3.05, 3.63) is 35.9 Å². The second kappa shape index (κ2) is 7.70. The van der Waals surface area contributed by atoms with Crippen molar-refractivity contribution >= 4 is 21.6 Å². The predicted octanol–water partition coefficient (Wildman–Crippen LogP) is 3.46. The highest BCUT2D eigenvalue weighted by Gasteiger charge is 2.27. The molecule has 0 radical (unpaired) electrons. The fourth-order valence-electron chi connectivity index (χ4n) is 3.42. The lowest BCUT2D eigenvalue weighted by Gasteiger charge is -2.26. The maximum absolute atomic E-state index is 12.8. The molecule has 6 heteroatoms. The Morgan fingerprint density at radius 3 is 2.60 bits per heavy atom. The minimum atomic E-state index is -3.49. The van der Waals surface area contributed by atoms with E-state index in [-0.39, 0.29) is 16.7 Å². The van der Waals surface area contributed by atoms with Gasteiger partial charge in [-0.2, -0.15) is 4.31 Å². The lowest BCUT2D eigenvalue weighted by atomic mass is 9.93. The first kappa shape index (κ1) is 18.1. The maximum Gasteiger partial charge on any atom is 0.243 e. The van der Waals surface area contributed by atoms with Crippen LogP contribution in [-0.4, -0.2) is 31.7 Å². The van der Waals surface area contributed by atoms with Crippen molar-refractivity contribution < 1.29 is 13.2 Å². The van der Waals surface area contributed by atoms with E-state index < -0.39 is 10.0 Å². The van der Waals surface area contributed by atoms with E-state index in [0.717, 1.165) is 44.1 Å². The summed E-state index contributed by atoms with van der Waals surface area (Å²) in [5.41, 5.74) is 1.47. The molecule has 1 aliphatic carbocycles. The van der Waals surface area contributed by atoms with Crippen LogP contribution in [0, 0.1) is 12.8 Å². The standard InChI is InChI=1S/C19H26N2O3S/c1-15-10-11-17(25(23,24)21-12-6-3-7-13-21)14-18(15)20-19(22)16-8-4-2-5-9-16/h2,4,10-11,14,16H,3,5-9,12-13H2,1H3,(H,20,22). The van der Waals surface area contributed by atoms with Crippen LogP contribution >= 0.6 is 0 Å². The second-order valence-corrected chi connectivity index (χ2v) is 8.85. The van der Waals surface area contributed by atoms with Gasteiger partial charge in [0.2, 0.25) is 15.9 Å². The topological polar surface area (TPSA) is 66.5 Å². The molecule has 5 nitrogen and oxygen atoms in total. The van der Waals surface area contributed by atoms with E-state index in [0.29, 0.717) is 18.8 Å². The Morgan fingerprint density at radius 1 is 1.16 bits per heavy atom. The summed E-state index contributed by atoms with van der Waals surface area (Å²) in [6.45, 7) is 3.03. The van der Waals surface area contributed by atoms with Crippen LogP contribution in [0.25, 0.3) is 0 Å². The summed E-state index contributed by atoms with van der Waals surface area (Å²) in [4.78, 5) is 12.7. The fourth-order valence-corrected chi connectivity index (χ4v) is 4.96. The molecule has 1 aromatic carbocycles. The Labute approximate surface area is 150 Å². The average molecular weight is 362 g/mol. The Hall–Kier alpha value is -1.66. The zero-order valence-corrected chi connectivity index (χ0v) is 15.5. The molecule has 0 bridgehead atoms. The highest BCUT2D eigenvalue weighted by atomic mass is 32.2. The zero-order valence-electron chi connectivity index (χ0n) is 14.7. The molecule has 1 heterocycles. The monoisotopic (exact) mass is 362 g/mol. The van der Waals surface area contributed by atoms with E-state index in [2.05, 4.69) is 11.4 Å². The van der Waals surface area contributed by atoms with Crippen LogP contribution in [0.2, 0.25) is 0 Å². The van der Waals surface area contributed by atoms with Gasteiger partial charge in [0.05, 0.1) is 4.90 Å². The van der Waals surface area contributed by atoms with Gasteiger partial charge in [0.1, 0.15) is 0 Å². The first-order valence-electron chi connectivity index (χ1n) is 9.05. The molecule has 0 aromatic heterocycles. The van der Waals surface area contributed by atoms with Crippen molar-refractivity contribution in [3.8, 4) is 0 Å². The number of nitrogens with one attached hydrogen (secondary N) is 1. The SMILES string of the molecule is Cc1ccc(S(=O)(=O)N2CCCCC2)cc1NC(=O)C1CC=CCC1. The number of hydrogen-bond donors (Lipinski definition) is 1. The number of amides is 1. The number of hydrogen-bond acceptors (Lipinski definition) is 3. The van der Waals surface area contributed by atoms with Crippen molar-refractivity contribution in [2.75, 3.05) is 18.4 Å². The van der Waals surface area contributed by atoms with Gasteiger partial charge >= 0.3 is 0 Å². The molecule has 1 aliphatic heterocycles. The number of carbonyl (C=O) groups is 1. The summed E-state index contributed by atoms with van der Waals surface area (Å²) in [7, 11) is -3.49. The molecule has 0 saturated carbocycles. The van der Waals surface area contributed by atoms with Crippen LogP contribution in [0.1, 0.15) is 44.1 Å². The first-order valence-corrected chi connectivity index (χ1v) is 10.5. The zero-order chi connectivity index (χ0) is 17.9. The van der Waals surface area contributed by atoms with Crippen LogP contribution in [0.4, 0.5) is 5.69 Å². The number of anilines is 1. The van der Waals surface area contributed by atoms with E-state index >= 15 is 0 Å². The van der Waals surface area contributed by atoms with E-state index in [1.165, 1.54) is 0 Å². The molecule has 1 N–H and O–H groups in total. The molecule has 2 aliphatic rings. The summed E-state index contributed by atoms with van der Waals surface area (Å²) < 4.78 is 27.2. The lowest BCUT2D eigenvalue weighted by molar-refractivity contribution is -0.120. The molecule has 0 spiro atoms. The van der Waals surface area contributed by atoms with Crippen molar-refractivity contribution in [2.45, 2.75) is 50.3 Å². The van der Waals surface area contributed by atoms with Gasteiger partial charge in [0.15, 0.2) is 0 Å². The van der Waals surface area contributed by atoms with Gasteiger partial charge in [-0.15, -0.1) is 0 Å². The third kappa shape index (κ3) is 4.12. The number of carbonyl (C=O) groups excluding carboxylic acids is 1. The molecule has 1 fully saturated rings. The average Bonchev–Trinajstić information content (AvgIpc) is 2.64. The molecule has 136 valence electrons. The van der Waals surface area contributed by atoms with Crippen molar-refractivity contribution in [1.82, 2.24) is 4.31 Å². The molecule has 1 atom stereocenters. The Kier molecular flexibility index (Phi) is 5.59. The molecule has 25 heavy (non-hydrogen) atoms. The lowest BCUT2D eigenvalue weighted by Crippen LogP contribution is -2.35. The molecule has 1 saturated heterocycles. The van der Waals surface area contributed by atoms with Crippen molar-refractivity contribution in [2.24, 2.45) is 5.92 Å². The molecule has 3 rings (SSSR count). The number of allylic oxidation sites excluding steroid dienone is 2. The van der Waals surface area contributed by atoms with Crippen LogP contribution < -0.4 is 5.32 Å². The van der Waals surface area contributed by atoms with Gasteiger partial charge < -0.3 is 5.32 Å². The summed E-state index contributed by atoms with van der Waals surface area (Å²) in [5, 5.41) is 2.94. The third-order valence-corrected chi connectivity index (χ3v) is 6.95. The largest absolute Gasteiger partial charge is 0.326 e. The van der Waals surface area contributed by atoms with E-state index in [4.69, 9.17) is 0 Å². The van der Waals surface area contributed by atoms with Crippen LogP contribution in [0.15, 0.2) is 35.2 Å². The smallest absolute Gasteiger partial charge is 0.243 e. The van der Waals surface area contributed by atoms with Crippen molar-refractivity contribution in [3.63, 3.8) is 0 Å². The molecule has 1 unspecified atom stereocenters. The molecule has 1 aromatic rings. The maximum atomic E-state index is 12.8. The second-order valence-electron chi connectivity index (χ2n) is 6.91. The number of sulfonamides is 1. The molecular formula is C19H26N2O3S.